The Labute approximate surface area is 147 Å². The van der Waals surface area contributed by atoms with Crippen molar-refractivity contribution < 1.29 is 19.1 Å². The first-order chi connectivity index (χ1) is 12.0. The molecule has 0 aliphatic heterocycles. The first-order valence-corrected chi connectivity index (χ1v) is 7.87. The van der Waals surface area contributed by atoms with Gasteiger partial charge in [-0.3, -0.25) is 4.79 Å². The Morgan fingerprint density at radius 2 is 1.80 bits per heavy atom. The molecule has 0 aromatic heterocycles. The fourth-order valence-electron chi connectivity index (χ4n) is 2.29. The third-order valence-corrected chi connectivity index (χ3v) is 3.50. The van der Waals surface area contributed by atoms with E-state index in [9.17, 15) is 9.59 Å². The van der Waals surface area contributed by atoms with Crippen LogP contribution in [0.2, 0.25) is 0 Å². The van der Waals surface area contributed by atoms with Gasteiger partial charge in [-0.2, -0.15) is 0 Å². The quantitative estimate of drug-likeness (QED) is 0.598. The molecule has 0 atom stereocenters. The monoisotopic (exact) mass is 339 g/mol. The Bertz CT molecular complexity index is 769. The van der Waals surface area contributed by atoms with E-state index >= 15 is 0 Å². The van der Waals surface area contributed by atoms with Gasteiger partial charge in [0.1, 0.15) is 6.54 Å². The molecular weight excluding hydrogens is 318 g/mol. The van der Waals surface area contributed by atoms with E-state index in [1.807, 2.05) is 31.2 Å². The summed E-state index contributed by atoms with van der Waals surface area (Å²) < 4.78 is 10.6. The Balaban J connectivity index is 2.03. The smallest absolute Gasteiger partial charge is 0.331 e. The van der Waals surface area contributed by atoms with Crippen LogP contribution in [0.3, 0.4) is 0 Å². The molecule has 0 aliphatic rings. The molecule has 2 aromatic carbocycles. The second-order valence-corrected chi connectivity index (χ2v) is 5.41. The highest BCUT2D eigenvalue weighted by Gasteiger charge is 2.17. The molecule has 0 spiro atoms. The molecule has 0 radical (unpaired) electrons. The molecule has 2 rings (SSSR count). The zero-order chi connectivity index (χ0) is 18.2. The lowest BCUT2D eigenvalue weighted by Crippen LogP contribution is -2.34. The standard InChI is InChI=1S/C20H21NO4/c1-4-8-15-11-12-17(18(13-15)24-3)25-19(22)14-21(2)20(23)16-9-6-5-7-10-16/h4-13H,14H2,1-3H3. The number of carbonyl (C=O) groups excluding carboxylic acids is 2. The second-order valence-electron chi connectivity index (χ2n) is 5.41. The molecule has 5 nitrogen and oxygen atoms in total. The van der Waals surface area contributed by atoms with Crippen LogP contribution in [0.4, 0.5) is 0 Å². The van der Waals surface area contributed by atoms with E-state index in [0.29, 0.717) is 17.1 Å². The Morgan fingerprint density at radius 3 is 2.44 bits per heavy atom. The van der Waals surface area contributed by atoms with Gasteiger partial charge in [-0.25, -0.2) is 4.79 Å². The number of allylic oxidation sites excluding steroid dienone is 1. The molecule has 0 heterocycles. The molecule has 0 unspecified atom stereocenters. The summed E-state index contributed by atoms with van der Waals surface area (Å²) in [7, 11) is 3.07. The van der Waals surface area contributed by atoms with Gasteiger partial charge in [0.05, 0.1) is 7.11 Å². The van der Waals surface area contributed by atoms with Gasteiger partial charge in [0.15, 0.2) is 11.5 Å². The maximum absolute atomic E-state index is 12.3. The molecule has 0 aliphatic carbocycles. The third kappa shape index (κ3) is 4.94. The highest BCUT2D eigenvalue weighted by molar-refractivity contribution is 5.95. The number of hydrogen-bond acceptors (Lipinski definition) is 4. The molecular formula is C20H21NO4. The van der Waals surface area contributed by atoms with Crippen LogP contribution >= 0.6 is 0 Å². The van der Waals surface area contributed by atoms with Crippen LogP contribution in [-0.4, -0.2) is 37.5 Å². The van der Waals surface area contributed by atoms with E-state index < -0.39 is 5.97 Å². The van der Waals surface area contributed by atoms with E-state index in [-0.39, 0.29) is 12.5 Å². The lowest BCUT2D eigenvalue weighted by molar-refractivity contribution is -0.135. The largest absolute Gasteiger partial charge is 0.493 e. The number of methoxy groups -OCH3 is 1. The molecule has 1 amide bonds. The van der Waals surface area contributed by atoms with Crippen molar-refractivity contribution in [3.8, 4) is 11.5 Å². The van der Waals surface area contributed by atoms with Crippen molar-refractivity contribution in [3.05, 3.63) is 65.7 Å². The lowest BCUT2D eigenvalue weighted by atomic mass is 10.2. The molecule has 5 heteroatoms. The summed E-state index contributed by atoms with van der Waals surface area (Å²) in [4.78, 5) is 25.7. The average Bonchev–Trinajstić information content (AvgIpc) is 2.63. The van der Waals surface area contributed by atoms with Crippen LogP contribution in [-0.2, 0) is 4.79 Å². The van der Waals surface area contributed by atoms with Crippen molar-refractivity contribution in [2.24, 2.45) is 0 Å². The molecule has 0 N–H and O–H groups in total. The van der Waals surface area contributed by atoms with Crippen LogP contribution in [0, 0.1) is 0 Å². The summed E-state index contributed by atoms with van der Waals surface area (Å²) in [5, 5.41) is 0. The summed E-state index contributed by atoms with van der Waals surface area (Å²) in [6.07, 6.45) is 3.82. The molecule has 0 saturated heterocycles. The minimum absolute atomic E-state index is 0.159. The maximum atomic E-state index is 12.3. The normalized spacial score (nSPS) is 10.5. The number of esters is 1. The molecule has 0 bridgehead atoms. The van der Waals surface area contributed by atoms with E-state index in [0.717, 1.165) is 5.56 Å². The first-order valence-electron chi connectivity index (χ1n) is 7.87. The van der Waals surface area contributed by atoms with E-state index in [1.54, 1.807) is 43.4 Å². The van der Waals surface area contributed by atoms with Gasteiger partial charge in [-0.1, -0.05) is 36.4 Å². The minimum atomic E-state index is -0.538. The molecule has 2 aromatic rings. The van der Waals surface area contributed by atoms with Crippen molar-refractivity contribution >= 4 is 18.0 Å². The van der Waals surface area contributed by atoms with Gasteiger partial charge in [0, 0.05) is 12.6 Å². The van der Waals surface area contributed by atoms with Gasteiger partial charge in [-0.15, -0.1) is 0 Å². The van der Waals surface area contributed by atoms with Crippen LogP contribution in [0.15, 0.2) is 54.6 Å². The Morgan fingerprint density at radius 1 is 1.08 bits per heavy atom. The van der Waals surface area contributed by atoms with Crippen LogP contribution in [0.5, 0.6) is 11.5 Å². The van der Waals surface area contributed by atoms with E-state index in [2.05, 4.69) is 0 Å². The number of ether oxygens (including phenoxy) is 2. The number of rotatable bonds is 6. The summed E-state index contributed by atoms with van der Waals surface area (Å²) in [5.74, 6) is -0.000822. The lowest BCUT2D eigenvalue weighted by Gasteiger charge is -2.17. The summed E-state index contributed by atoms with van der Waals surface area (Å²) in [5.41, 5.74) is 1.46. The Hall–Kier alpha value is -3.08. The maximum Gasteiger partial charge on any atom is 0.331 e. The highest BCUT2D eigenvalue weighted by Crippen LogP contribution is 2.28. The Kier molecular flexibility index (Phi) is 6.34. The van der Waals surface area contributed by atoms with Crippen molar-refractivity contribution in [1.29, 1.82) is 0 Å². The van der Waals surface area contributed by atoms with E-state index in [1.165, 1.54) is 12.0 Å². The number of hydrogen-bond donors (Lipinski definition) is 0. The topological polar surface area (TPSA) is 55.8 Å². The predicted octanol–water partition coefficient (Wildman–Crippen LogP) is 3.41. The second kappa shape index (κ2) is 8.68. The van der Waals surface area contributed by atoms with Gasteiger partial charge in [-0.05, 0) is 36.8 Å². The van der Waals surface area contributed by atoms with Gasteiger partial charge in [0.2, 0.25) is 0 Å². The van der Waals surface area contributed by atoms with E-state index in [4.69, 9.17) is 9.47 Å². The number of amides is 1. The van der Waals surface area contributed by atoms with Gasteiger partial charge < -0.3 is 14.4 Å². The highest BCUT2D eigenvalue weighted by atomic mass is 16.6. The third-order valence-electron chi connectivity index (χ3n) is 3.50. The van der Waals surface area contributed by atoms with Crippen molar-refractivity contribution in [1.82, 2.24) is 4.90 Å². The number of nitrogens with zero attached hydrogens (tertiary/aromatic N) is 1. The van der Waals surface area contributed by atoms with Crippen LogP contribution in [0.1, 0.15) is 22.8 Å². The van der Waals surface area contributed by atoms with Crippen molar-refractivity contribution in [2.45, 2.75) is 6.92 Å². The average molecular weight is 339 g/mol. The zero-order valence-corrected chi connectivity index (χ0v) is 14.6. The first kappa shape index (κ1) is 18.3. The van der Waals surface area contributed by atoms with Gasteiger partial charge >= 0.3 is 5.97 Å². The van der Waals surface area contributed by atoms with Crippen LogP contribution < -0.4 is 9.47 Å². The molecule has 130 valence electrons. The summed E-state index contributed by atoms with van der Waals surface area (Å²) in [6, 6.07) is 14.1. The molecule has 0 fully saturated rings. The number of carbonyl (C=O) groups is 2. The molecule has 25 heavy (non-hydrogen) atoms. The van der Waals surface area contributed by atoms with Crippen molar-refractivity contribution in [2.75, 3.05) is 20.7 Å². The zero-order valence-electron chi connectivity index (χ0n) is 14.6. The van der Waals surface area contributed by atoms with Crippen LogP contribution in [0.25, 0.3) is 6.08 Å². The SMILES string of the molecule is CC=Cc1ccc(OC(=O)CN(C)C(=O)c2ccccc2)c(OC)c1. The summed E-state index contributed by atoms with van der Waals surface area (Å²) in [6.45, 7) is 1.76. The predicted molar refractivity (Wildman–Crippen MR) is 96.7 cm³/mol. The summed E-state index contributed by atoms with van der Waals surface area (Å²) >= 11 is 0. The number of likely N-dealkylation sites (N-methyl/N-ethyl adjacent to an activating group) is 1. The fraction of sp³-hybridized carbons (Fsp3) is 0.200. The fourth-order valence-corrected chi connectivity index (χ4v) is 2.29. The van der Waals surface area contributed by atoms with Gasteiger partial charge in [0.25, 0.3) is 5.91 Å². The van der Waals surface area contributed by atoms with Crippen molar-refractivity contribution in [3.63, 3.8) is 0 Å². The molecule has 0 saturated carbocycles. The number of benzene rings is 2. The minimum Gasteiger partial charge on any atom is -0.493 e.